The van der Waals surface area contributed by atoms with Crippen LogP contribution < -0.4 is 5.32 Å². The minimum Gasteiger partial charge on any atom is -0.481 e. The van der Waals surface area contributed by atoms with E-state index in [1.54, 1.807) is 0 Å². The first-order valence-electron chi connectivity index (χ1n) is 5.96. The molecule has 17 heavy (non-hydrogen) atoms. The van der Waals surface area contributed by atoms with Gasteiger partial charge in [0.2, 0.25) is 5.91 Å². The van der Waals surface area contributed by atoms with Gasteiger partial charge in [-0.3, -0.25) is 14.5 Å². The lowest BCUT2D eigenvalue weighted by Crippen LogP contribution is -2.60. The predicted octanol–water partition coefficient (Wildman–Crippen LogP) is 0.156. The molecule has 0 bridgehead atoms. The van der Waals surface area contributed by atoms with Crippen LogP contribution in [-0.2, 0) is 9.59 Å². The second-order valence-corrected chi connectivity index (χ2v) is 6.06. The normalized spacial score (nSPS) is 34.6. The Morgan fingerprint density at radius 3 is 3.00 bits per heavy atom. The molecule has 0 aromatic rings. The standard InChI is InChI=1S/C11H18N2O3S/c1-7-8(2-5-17-7)13-4-3-12-11(16)9(13)6-10(14)15/h7-9H,2-6H2,1H3,(H,12,16)(H,14,15). The minimum absolute atomic E-state index is 0.0975. The molecule has 0 radical (unpaired) electrons. The molecule has 0 aromatic carbocycles. The number of amides is 1. The number of carbonyl (C=O) groups is 2. The second-order valence-electron chi connectivity index (χ2n) is 4.57. The van der Waals surface area contributed by atoms with Crippen LogP contribution in [0.15, 0.2) is 0 Å². The molecule has 2 saturated heterocycles. The van der Waals surface area contributed by atoms with E-state index >= 15 is 0 Å². The van der Waals surface area contributed by atoms with Gasteiger partial charge in [0.1, 0.15) is 0 Å². The van der Waals surface area contributed by atoms with Gasteiger partial charge in [-0.15, -0.1) is 0 Å². The summed E-state index contributed by atoms with van der Waals surface area (Å²) in [5.74, 6) is 0.0575. The summed E-state index contributed by atoms with van der Waals surface area (Å²) >= 11 is 1.90. The van der Waals surface area contributed by atoms with Gasteiger partial charge in [-0.05, 0) is 12.2 Å². The molecule has 2 heterocycles. The number of carboxylic acid groups (broad SMARTS) is 1. The summed E-state index contributed by atoms with van der Waals surface area (Å²) in [5, 5.41) is 12.1. The first-order valence-corrected chi connectivity index (χ1v) is 7.01. The fourth-order valence-corrected chi connectivity index (χ4v) is 3.92. The van der Waals surface area contributed by atoms with Crippen LogP contribution >= 0.6 is 11.8 Å². The summed E-state index contributed by atoms with van der Waals surface area (Å²) in [7, 11) is 0. The quantitative estimate of drug-likeness (QED) is 0.754. The molecule has 3 atom stereocenters. The zero-order valence-electron chi connectivity index (χ0n) is 9.89. The fraction of sp³-hybridized carbons (Fsp3) is 0.818. The average molecular weight is 258 g/mol. The van der Waals surface area contributed by atoms with Crippen LogP contribution in [0.2, 0.25) is 0 Å². The minimum atomic E-state index is -0.907. The molecule has 0 aromatic heterocycles. The number of hydrogen-bond donors (Lipinski definition) is 2. The SMILES string of the molecule is CC1SCCC1N1CCNC(=O)C1CC(=O)O. The van der Waals surface area contributed by atoms with Gasteiger partial charge >= 0.3 is 5.97 Å². The maximum Gasteiger partial charge on any atom is 0.305 e. The molecule has 2 rings (SSSR count). The van der Waals surface area contributed by atoms with Crippen LogP contribution in [0.4, 0.5) is 0 Å². The Morgan fingerprint density at radius 2 is 2.41 bits per heavy atom. The molecule has 1 amide bonds. The van der Waals surface area contributed by atoms with Crippen molar-refractivity contribution in [3.63, 3.8) is 0 Å². The van der Waals surface area contributed by atoms with Crippen molar-refractivity contribution < 1.29 is 14.7 Å². The maximum atomic E-state index is 11.8. The van der Waals surface area contributed by atoms with Gasteiger partial charge in [0.25, 0.3) is 0 Å². The molecule has 2 aliphatic heterocycles. The Balaban J connectivity index is 2.11. The van der Waals surface area contributed by atoms with Gasteiger partial charge < -0.3 is 10.4 Å². The largest absolute Gasteiger partial charge is 0.481 e. The zero-order valence-corrected chi connectivity index (χ0v) is 10.7. The van der Waals surface area contributed by atoms with Gasteiger partial charge in [-0.25, -0.2) is 0 Å². The van der Waals surface area contributed by atoms with Gasteiger partial charge in [0, 0.05) is 24.4 Å². The number of carbonyl (C=O) groups excluding carboxylic acids is 1. The van der Waals surface area contributed by atoms with Crippen LogP contribution in [0, 0.1) is 0 Å². The Hall–Kier alpha value is -0.750. The summed E-state index contributed by atoms with van der Waals surface area (Å²) in [6, 6.07) is -0.150. The highest BCUT2D eigenvalue weighted by Gasteiger charge is 2.39. The van der Waals surface area contributed by atoms with Crippen molar-refractivity contribution in [2.45, 2.75) is 37.1 Å². The molecule has 96 valence electrons. The first-order chi connectivity index (χ1) is 8.09. The predicted molar refractivity (Wildman–Crippen MR) is 66.1 cm³/mol. The lowest BCUT2D eigenvalue weighted by atomic mass is 10.0. The number of rotatable bonds is 3. The van der Waals surface area contributed by atoms with Crippen LogP contribution in [0.25, 0.3) is 0 Å². The van der Waals surface area contributed by atoms with E-state index in [9.17, 15) is 9.59 Å². The van der Waals surface area contributed by atoms with Crippen LogP contribution in [0.5, 0.6) is 0 Å². The van der Waals surface area contributed by atoms with E-state index < -0.39 is 12.0 Å². The van der Waals surface area contributed by atoms with E-state index in [1.165, 1.54) is 0 Å². The lowest BCUT2D eigenvalue weighted by molar-refractivity contribution is -0.143. The van der Waals surface area contributed by atoms with E-state index in [4.69, 9.17) is 5.11 Å². The number of carboxylic acids is 1. The van der Waals surface area contributed by atoms with Gasteiger partial charge in [0.05, 0.1) is 12.5 Å². The second kappa shape index (κ2) is 5.27. The van der Waals surface area contributed by atoms with Crippen molar-refractivity contribution in [3.05, 3.63) is 0 Å². The van der Waals surface area contributed by atoms with Gasteiger partial charge in [-0.2, -0.15) is 11.8 Å². The van der Waals surface area contributed by atoms with Crippen molar-refractivity contribution in [2.24, 2.45) is 0 Å². The lowest BCUT2D eigenvalue weighted by Gasteiger charge is -2.39. The first kappa shape index (κ1) is 12.7. The number of aliphatic carboxylic acids is 1. The van der Waals surface area contributed by atoms with E-state index in [1.807, 2.05) is 11.8 Å². The molecule has 0 spiro atoms. The van der Waals surface area contributed by atoms with E-state index in [2.05, 4.69) is 17.1 Å². The number of nitrogens with one attached hydrogen (secondary N) is 1. The molecular formula is C11H18N2O3S. The number of piperazine rings is 1. The molecule has 6 heteroatoms. The molecule has 0 saturated carbocycles. The van der Waals surface area contributed by atoms with Crippen molar-refractivity contribution in [3.8, 4) is 0 Å². The summed E-state index contributed by atoms with van der Waals surface area (Å²) in [4.78, 5) is 24.7. The van der Waals surface area contributed by atoms with Gasteiger partial charge in [0.15, 0.2) is 0 Å². The molecule has 2 aliphatic rings. The monoisotopic (exact) mass is 258 g/mol. The van der Waals surface area contributed by atoms with Crippen molar-refractivity contribution >= 4 is 23.6 Å². The van der Waals surface area contributed by atoms with E-state index in [-0.39, 0.29) is 12.3 Å². The summed E-state index contributed by atoms with van der Waals surface area (Å²) in [5.41, 5.74) is 0. The summed E-state index contributed by atoms with van der Waals surface area (Å²) in [6.07, 6.45) is 0.953. The Morgan fingerprint density at radius 1 is 1.65 bits per heavy atom. The molecule has 5 nitrogen and oxygen atoms in total. The third-order valence-corrected chi connectivity index (χ3v) is 4.81. The maximum absolute atomic E-state index is 11.8. The number of nitrogens with zero attached hydrogens (tertiary/aromatic N) is 1. The highest BCUT2D eigenvalue weighted by atomic mass is 32.2. The Labute approximate surface area is 105 Å². The average Bonchev–Trinajstić information content (AvgIpc) is 2.67. The smallest absolute Gasteiger partial charge is 0.305 e. The van der Waals surface area contributed by atoms with Crippen LogP contribution in [-0.4, -0.2) is 58.1 Å². The molecule has 2 N–H and O–H groups in total. The Kier molecular flexibility index (Phi) is 3.93. The van der Waals surface area contributed by atoms with E-state index in [0.717, 1.165) is 18.7 Å². The van der Waals surface area contributed by atoms with Crippen molar-refractivity contribution in [1.29, 1.82) is 0 Å². The van der Waals surface area contributed by atoms with Crippen molar-refractivity contribution in [2.75, 3.05) is 18.8 Å². The Bertz CT molecular complexity index is 324. The zero-order chi connectivity index (χ0) is 12.4. The molecule has 2 fully saturated rings. The highest BCUT2D eigenvalue weighted by molar-refractivity contribution is 8.00. The highest BCUT2D eigenvalue weighted by Crippen LogP contribution is 2.32. The fourth-order valence-electron chi connectivity index (χ4n) is 2.66. The van der Waals surface area contributed by atoms with Gasteiger partial charge in [-0.1, -0.05) is 6.92 Å². The number of hydrogen-bond acceptors (Lipinski definition) is 4. The summed E-state index contributed by atoms with van der Waals surface area (Å²) in [6.45, 7) is 3.55. The molecule has 0 aliphatic carbocycles. The third-order valence-electron chi connectivity index (χ3n) is 3.50. The molecule has 3 unspecified atom stereocenters. The van der Waals surface area contributed by atoms with E-state index in [0.29, 0.717) is 17.8 Å². The topological polar surface area (TPSA) is 69.6 Å². The van der Waals surface area contributed by atoms with Crippen molar-refractivity contribution in [1.82, 2.24) is 10.2 Å². The van der Waals surface area contributed by atoms with Crippen LogP contribution in [0.3, 0.4) is 0 Å². The third kappa shape index (κ3) is 2.74. The van der Waals surface area contributed by atoms with Crippen LogP contribution in [0.1, 0.15) is 19.8 Å². The summed E-state index contributed by atoms with van der Waals surface area (Å²) < 4.78 is 0. The number of thioether (sulfide) groups is 1. The molecular weight excluding hydrogens is 240 g/mol.